The molecule has 0 saturated carbocycles. The minimum atomic E-state index is -2.81. The van der Waals surface area contributed by atoms with Crippen molar-refractivity contribution in [1.29, 1.82) is 0 Å². The van der Waals surface area contributed by atoms with Crippen LogP contribution in [0.15, 0.2) is 18.2 Å². The zero-order valence-electron chi connectivity index (χ0n) is 13.1. The summed E-state index contributed by atoms with van der Waals surface area (Å²) in [5.74, 6) is 1.96. The minimum absolute atomic E-state index is 0.0867. The summed E-state index contributed by atoms with van der Waals surface area (Å²) in [5.41, 5.74) is 2.59. The maximum absolute atomic E-state index is 11.3. The minimum Gasteiger partial charge on any atom is -0.492 e. The van der Waals surface area contributed by atoms with Crippen molar-refractivity contribution < 1.29 is 13.2 Å². The van der Waals surface area contributed by atoms with E-state index < -0.39 is 9.84 Å². The van der Waals surface area contributed by atoms with Gasteiger partial charge in [-0.25, -0.2) is 8.42 Å². The van der Waals surface area contributed by atoms with E-state index >= 15 is 0 Å². The molecule has 21 heavy (non-hydrogen) atoms. The maximum atomic E-state index is 11.3. The number of benzene rings is 1. The Bertz CT molecular complexity index is 581. The first kappa shape index (κ1) is 16.3. The molecule has 1 N–H and O–H groups in total. The van der Waals surface area contributed by atoms with E-state index in [1.807, 2.05) is 6.07 Å². The van der Waals surface area contributed by atoms with E-state index in [0.29, 0.717) is 31.2 Å². The van der Waals surface area contributed by atoms with Crippen molar-refractivity contribution in [3.05, 3.63) is 29.3 Å². The molecule has 1 fully saturated rings. The summed E-state index contributed by atoms with van der Waals surface area (Å²) in [6.07, 6.45) is 0.713. The number of nitrogens with one attached hydrogen (secondary N) is 1. The second-order valence-electron chi connectivity index (χ2n) is 6.08. The Hall–Kier alpha value is -1.07. The lowest BCUT2D eigenvalue weighted by Gasteiger charge is -2.14. The van der Waals surface area contributed by atoms with Crippen LogP contribution in [0.4, 0.5) is 0 Å². The number of hydrogen-bond donors (Lipinski definition) is 1. The molecule has 0 bridgehead atoms. The monoisotopic (exact) mass is 311 g/mol. The van der Waals surface area contributed by atoms with Crippen LogP contribution in [-0.2, 0) is 9.84 Å². The van der Waals surface area contributed by atoms with Gasteiger partial charge in [0.25, 0.3) is 0 Å². The Morgan fingerprint density at radius 2 is 2.14 bits per heavy atom. The van der Waals surface area contributed by atoms with Crippen molar-refractivity contribution >= 4 is 9.84 Å². The predicted molar refractivity (Wildman–Crippen MR) is 85.8 cm³/mol. The summed E-state index contributed by atoms with van der Waals surface area (Å²) < 4.78 is 28.4. The fourth-order valence-corrected chi connectivity index (χ4v) is 4.48. The highest BCUT2D eigenvalue weighted by molar-refractivity contribution is 7.91. The molecule has 1 atom stereocenters. The van der Waals surface area contributed by atoms with E-state index in [1.54, 1.807) is 0 Å². The van der Waals surface area contributed by atoms with Crippen LogP contribution in [0.5, 0.6) is 5.75 Å². The average Bonchev–Trinajstić information content (AvgIpc) is 2.74. The Morgan fingerprint density at radius 1 is 1.38 bits per heavy atom. The van der Waals surface area contributed by atoms with Gasteiger partial charge in [0.05, 0.1) is 11.5 Å². The molecule has 5 heteroatoms. The van der Waals surface area contributed by atoms with Crippen LogP contribution in [0.1, 0.15) is 37.3 Å². The van der Waals surface area contributed by atoms with Crippen molar-refractivity contribution in [1.82, 2.24) is 5.32 Å². The largest absolute Gasteiger partial charge is 0.492 e. The van der Waals surface area contributed by atoms with Crippen LogP contribution >= 0.6 is 0 Å². The van der Waals surface area contributed by atoms with Gasteiger partial charge >= 0.3 is 0 Å². The van der Waals surface area contributed by atoms with Gasteiger partial charge in [-0.3, -0.25) is 0 Å². The third kappa shape index (κ3) is 4.71. The normalized spacial score (nSPS) is 20.9. The highest BCUT2D eigenvalue weighted by Gasteiger charge is 2.26. The SMILES string of the molecule is Cc1cc(OCCNC2CCS(=O)(=O)C2)ccc1C(C)C. The second-order valence-corrected chi connectivity index (χ2v) is 8.30. The van der Waals surface area contributed by atoms with Gasteiger partial charge in [0.15, 0.2) is 9.84 Å². The molecule has 1 heterocycles. The van der Waals surface area contributed by atoms with Crippen molar-refractivity contribution in [2.45, 2.75) is 39.2 Å². The highest BCUT2D eigenvalue weighted by atomic mass is 32.2. The number of hydrogen-bond acceptors (Lipinski definition) is 4. The summed E-state index contributed by atoms with van der Waals surface area (Å²) in [7, 11) is -2.81. The topological polar surface area (TPSA) is 55.4 Å². The summed E-state index contributed by atoms with van der Waals surface area (Å²) in [6.45, 7) is 7.69. The molecular weight excluding hydrogens is 286 g/mol. The van der Waals surface area contributed by atoms with Crippen molar-refractivity contribution in [2.24, 2.45) is 0 Å². The van der Waals surface area contributed by atoms with Gasteiger partial charge in [-0.05, 0) is 42.5 Å². The third-order valence-electron chi connectivity index (χ3n) is 3.90. The predicted octanol–water partition coefficient (Wildman–Crippen LogP) is 2.27. The number of rotatable bonds is 6. The quantitative estimate of drug-likeness (QED) is 0.819. The van der Waals surface area contributed by atoms with Crippen LogP contribution < -0.4 is 10.1 Å². The molecule has 2 rings (SSSR count). The molecule has 1 aliphatic heterocycles. The van der Waals surface area contributed by atoms with Crippen LogP contribution in [-0.4, -0.2) is 39.1 Å². The molecule has 1 aromatic carbocycles. The van der Waals surface area contributed by atoms with Crippen LogP contribution in [0.2, 0.25) is 0 Å². The Labute approximate surface area is 127 Å². The maximum Gasteiger partial charge on any atom is 0.151 e. The summed E-state index contributed by atoms with van der Waals surface area (Å²) in [4.78, 5) is 0. The molecule has 0 spiro atoms. The molecular formula is C16H25NO3S. The lowest BCUT2D eigenvalue weighted by atomic mass is 9.98. The molecule has 118 valence electrons. The van der Waals surface area contributed by atoms with Gasteiger partial charge in [-0.15, -0.1) is 0 Å². The average molecular weight is 311 g/mol. The molecule has 4 nitrogen and oxygen atoms in total. The van der Waals surface area contributed by atoms with E-state index in [-0.39, 0.29) is 11.8 Å². The van der Waals surface area contributed by atoms with E-state index in [4.69, 9.17) is 4.74 Å². The molecule has 0 amide bonds. The third-order valence-corrected chi connectivity index (χ3v) is 5.67. The van der Waals surface area contributed by atoms with E-state index in [9.17, 15) is 8.42 Å². The van der Waals surface area contributed by atoms with Gasteiger partial charge in [-0.2, -0.15) is 0 Å². The van der Waals surface area contributed by atoms with Crippen LogP contribution in [0.25, 0.3) is 0 Å². The van der Waals surface area contributed by atoms with Gasteiger partial charge in [0, 0.05) is 12.6 Å². The molecule has 0 aromatic heterocycles. The zero-order valence-corrected chi connectivity index (χ0v) is 13.9. The molecule has 0 radical (unpaired) electrons. The number of aryl methyl sites for hydroxylation is 1. The van der Waals surface area contributed by atoms with Gasteiger partial charge in [-0.1, -0.05) is 19.9 Å². The Kier molecular flexibility index (Phi) is 5.27. The molecule has 0 aliphatic carbocycles. The second kappa shape index (κ2) is 6.79. The fraction of sp³-hybridized carbons (Fsp3) is 0.625. The van der Waals surface area contributed by atoms with Crippen molar-refractivity contribution in [2.75, 3.05) is 24.7 Å². The van der Waals surface area contributed by atoms with Crippen molar-refractivity contribution in [3.63, 3.8) is 0 Å². The molecule has 1 aromatic rings. The summed E-state index contributed by atoms with van der Waals surface area (Å²) in [6, 6.07) is 6.27. The highest BCUT2D eigenvalue weighted by Crippen LogP contribution is 2.23. The Balaban J connectivity index is 1.75. The first-order chi connectivity index (χ1) is 9.87. The van der Waals surface area contributed by atoms with Crippen molar-refractivity contribution in [3.8, 4) is 5.75 Å². The molecule has 1 aliphatic rings. The zero-order chi connectivity index (χ0) is 15.5. The van der Waals surface area contributed by atoms with Gasteiger partial charge < -0.3 is 10.1 Å². The smallest absolute Gasteiger partial charge is 0.151 e. The van der Waals surface area contributed by atoms with Gasteiger partial charge in [0.1, 0.15) is 12.4 Å². The lowest BCUT2D eigenvalue weighted by Crippen LogP contribution is -2.33. The fourth-order valence-electron chi connectivity index (χ4n) is 2.77. The summed E-state index contributed by atoms with van der Waals surface area (Å²) in [5, 5.41) is 3.25. The Morgan fingerprint density at radius 3 is 2.71 bits per heavy atom. The van der Waals surface area contributed by atoms with Crippen LogP contribution in [0.3, 0.4) is 0 Å². The summed E-state index contributed by atoms with van der Waals surface area (Å²) >= 11 is 0. The number of sulfone groups is 1. The number of ether oxygens (including phenoxy) is 1. The van der Waals surface area contributed by atoms with Crippen LogP contribution in [0, 0.1) is 6.92 Å². The first-order valence-electron chi connectivity index (χ1n) is 7.54. The first-order valence-corrected chi connectivity index (χ1v) is 9.36. The standard InChI is InChI=1S/C16H25NO3S/c1-12(2)16-5-4-15(10-13(16)3)20-8-7-17-14-6-9-21(18,19)11-14/h4-5,10,12,14,17H,6-9,11H2,1-3H3. The molecule has 1 unspecified atom stereocenters. The molecule has 1 saturated heterocycles. The van der Waals surface area contributed by atoms with Gasteiger partial charge in [0.2, 0.25) is 0 Å². The van der Waals surface area contributed by atoms with E-state index in [2.05, 4.69) is 38.2 Å². The lowest BCUT2D eigenvalue weighted by molar-refractivity contribution is 0.307. The van der Waals surface area contributed by atoms with E-state index in [0.717, 1.165) is 5.75 Å². The van der Waals surface area contributed by atoms with E-state index in [1.165, 1.54) is 11.1 Å².